The van der Waals surface area contributed by atoms with Gasteiger partial charge in [0.1, 0.15) is 0 Å². The lowest BCUT2D eigenvalue weighted by Gasteiger charge is -2.48. The average molecular weight is 405 g/mol. The van der Waals surface area contributed by atoms with E-state index in [0.29, 0.717) is 27.8 Å². The zero-order valence-electron chi connectivity index (χ0n) is 19.2. The van der Waals surface area contributed by atoms with E-state index in [1.807, 2.05) is 0 Å². The molecule has 154 valence electrons. The fourth-order valence-electron chi connectivity index (χ4n) is 5.49. The van der Waals surface area contributed by atoms with Gasteiger partial charge in [-0.2, -0.15) is 0 Å². The Balaban J connectivity index is 2.04. The molecule has 0 heterocycles. The highest BCUT2D eigenvalue weighted by atomic mass is 31.1. The molecule has 29 heavy (non-hydrogen) atoms. The summed E-state index contributed by atoms with van der Waals surface area (Å²) in [7, 11) is -0.196. The molecule has 0 unspecified atom stereocenters. The zero-order chi connectivity index (χ0) is 21.2. The summed E-state index contributed by atoms with van der Waals surface area (Å²) in [5.41, 5.74) is 4.96. The molecule has 0 N–H and O–H groups in total. The molecule has 0 saturated heterocycles. The van der Waals surface area contributed by atoms with Gasteiger partial charge in [0.25, 0.3) is 0 Å². The molecular formula is C28H37P. The van der Waals surface area contributed by atoms with Gasteiger partial charge in [-0.25, -0.2) is 0 Å². The fourth-order valence-corrected chi connectivity index (χ4v) is 10.5. The lowest BCUT2D eigenvalue weighted by molar-refractivity contribution is 0.633. The number of hydrogen-bond donors (Lipinski definition) is 0. The molecular weight excluding hydrogens is 367 g/mol. The smallest absolute Gasteiger partial charge is 0.0308 e. The second-order valence-electron chi connectivity index (χ2n) is 10.3. The van der Waals surface area contributed by atoms with Crippen molar-refractivity contribution >= 4 is 7.92 Å². The number of allylic oxidation sites excluding steroid dienone is 4. The molecule has 0 saturated carbocycles. The van der Waals surface area contributed by atoms with Gasteiger partial charge in [0.05, 0.1) is 0 Å². The fraction of sp³-hybridized carbons (Fsp3) is 0.429. The molecule has 1 heteroatoms. The van der Waals surface area contributed by atoms with Gasteiger partial charge in [-0.05, 0) is 27.1 Å². The minimum absolute atomic E-state index is 0.196. The van der Waals surface area contributed by atoms with E-state index in [0.717, 1.165) is 0 Å². The van der Waals surface area contributed by atoms with Gasteiger partial charge in [0.15, 0.2) is 0 Å². The van der Waals surface area contributed by atoms with E-state index in [1.165, 1.54) is 11.1 Å². The Labute approximate surface area is 179 Å². The highest BCUT2D eigenvalue weighted by molar-refractivity contribution is 7.61. The van der Waals surface area contributed by atoms with Crippen molar-refractivity contribution in [3.05, 3.63) is 95.6 Å². The van der Waals surface area contributed by atoms with Crippen LogP contribution >= 0.6 is 7.92 Å². The normalized spacial score (nSPS) is 18.4. The van der Waals surface area contributed by atoms with Gasteiger partial charge in [-0.1, -0.05) is 141 Å². The summed E-state index contributed by atoms with van der Waals surface area (Å²) in [4.78, 5) is 0. The third-order valence-electron chi connectivity index (χ3n) is 5.96. The minimum atomic E-state index is -0.196. The number of benzene rings is 2. The van der Waals surface area contributed by atoms with Crippen LogP contribution in [-0.2, 0) is 0 Å². The van der Waals surface area contributed by atoms with Crippen LogP contribution in [0.3, 0.4) is 0 Å². The number of rotatable bonds is 5. The largest absolute Gasteiger partial charge is 0.0918 e. The predicted octanol–water partition coefficient (Wildman–Crippen LogP) is 8.40. The third kappa shape index (κ3) is 4.92. The predicted molar refractivity (Wildman–Crippen MR) is 131 cm³/mol. The first-order valence-electron chi connectivity index (χ1n) is 10.9. The lowest BCUT2D eigenvalue weighted by Crippen LogP contribution is -2.34. The van der Waals surface area contributed by atoms with Crippen LogP contribution in [0, 0.1) is 5.92 Å². The molecule has 0 bridgehead atoms. The lowest BCUT2D eigenvalue weighted by atomic mass is 9.79. The summed E-state index contributed by atoms with van der Waals surface area (Å²) >= 11 is 0. The first-order valence-corrected chi connectivity index (χ1v) is 12.3. The van der Waals surface area contributed by atoms with E-state index in [9.17, 15) is 0 Å². The van der Waals surface area contributed by atoms with Crippen LogP contribution in [0.25, 0.3) is 0 Å². The van der Waals surface area contributed by atoms with E-state index in [2.05, 4.69) is 127 Å². The van der Waals surface area contributed by atoms with E-state index < -0.39 is 0 Å². The van der Waals surface area contributed by atoms with Crippen LogP contribution in [-0.4, -0.2) is 16.0 Å². The van der Waals surface area contributed by atoms with Gasteiger partial charge in [-0.15, -0.1) is 0 Å². The summed E-state index contributed by atoms with van der Waals surface area (Å²) in [5, 5.41) is 0.646. The summed E-state index contributed by atoms with van der Waals surface area (Å²) in [6, 6.07) is 22.1. The molecule has 1 aliphatic rings. The minimum Gasteiger partial charge on any atom is -0.0918 e. The molecule has 0 nitrogen and oxygen atoms in total. The van der Waals surface area contributed by atoms with Crippen molar-refractivity contribution in [1.82, 2.24) is 0 Å². The van der Waals surface area contributed by atoms with Crippen molar-refractivity contribution in [2.24, 2.45) is 5.92 Å². The van der Waals surface area contributed by atoms with E-state index in [-0.39, 0.29) is 7.92 Å². The molecule has 3 rings (SSSR count). The summed E-state index contributed by atoms with van der Waals surface area (Å²) in [6.07, 6.45) is 7.16. The molecule has 2 aromatic rings. The molecule has 1 aliphatic carbocycles. The first kappa shape index (κ1) is 22.0. The monoisotopic (exact) mass is 404 g/mol. The van der Waals surface area contributed by atoms with E-state index in [1.54, 1.807) is 5.57 Å². The standard InChI is InChI=1S/C28H37P/c1-21(29(27(2,3)4)28(5,6)7)24-19-14-20-25(24)26(22-15-10-8-11-16-22)23-17-12-9-13-18-23/h8-21,24,26H,1-7H3/t21-,24+/m1/s1. The average Bonchev–Trinajstić information content (AvgIpc) is 3.11. The molecule has 0 aliphatic heterocycles. The van der Waals surface area contributed by atoms with Gasteiger partial charge in [0.2, 0.25) is 0 Å². The molecule has 2 aromatic carbocycles. The molecule has 0 spiro atoms. The second-order valence-corrected chi connectivity index (χ2v) is 14.5. The van der Waals surface area contributed by atoms with Crippen LogP contribution in [0.1, 0.15) is 65.5 Å². The van der Waals surface area contributed by atoms with Crippen molar-refractivity contribution in [2.75, 3.05) is 0 Å². The van der Waals surface area contributed by atoms with Gasteiger partial charge < -0.3 is 0 Å². The molecule has 0 fully saturated rings. The quantitative estimate of drug-likeness (QED) is 0.439. The van der Waals surface area contributed by atoms with E-state index >= 15 is 0 Å². The Kier molecular flexibility index (Phi) is 6.54. The van der Waals surface area contributed by atoms with Gasteiger partial charge in [0, 0.05) is 11.8 Å². The Bertz CT molecular complexity index is 793. The van der Waals surface area contributed by atoms with Gasteiger partial charge in [-0.3, -0.25) is 0 Å². The van der Waals surface area contributed by atoms with Crippen molar-refractivity contribution in [2.45, 2.75) is 70.4 Å². The van der Waals surface area contributed by atoms with Crippen LogP contribution in [0.4, 0.5) is 0 Å². The Hall–Kier alpha value is -1.65. The highest BCUT2D eigenvalue weighted by Gasteiger charge is 2.42. The molecule has 0 amide bonds. The van der Waals surface area contributed by atoms with Crippen molar-refractivity contribution in [3.8, 4) is 0 Å². The SMILES string of the molecule is C[C@H]([C@@H]1C=CC=C1C(c1ccccc1)c1ccccc1)P(C(C)(C)C)C(C)(C)C. The summed E-state index contributed by atoms with van der Waals surface area (Å²) < 4.78 is 0. The Morgan fingerprint density at radius 2 is 1.17 bits per heavy atom. The summed E-state index contributed by atoms with van der Waals surface area (Å²) in [6.45, 7) is 17.1. The zero-order valence-corrected chi connectivity index (χ0v) is 20.1. The highest BCUT2D eigenvalue weighted by Crippen LogP contribution is 2.65. The third-order valence-corrected chi connectivity index (χ3v) is 9.99. The maximum absolute atomic E-state index is 2.50. The second kappa shape index (κ2) is 8.61. The van der Waals surface area contributed by atoms with Crippen LogP contribution in [0.5, 0.6) is 0 Å². The first-order chi connectivity index (χ1) is 13.6. The van der Waals surface area contributed by atoms with Crippen LogP contribution in [0.2, 0.25) is 0 Å². The molecule has 0 aromatic heterocycles. The van der Waals surface area contributed by atoms with Crippen LogP contribution in [0.15, 0.2) is 84.5 Å². The van der Waals surface area contributed by atoms with Crippen molar-refractivity contribution in [1.29, 1.82) is 0 Å². The van der Waals surface area contributed by atoms with Crippen molar-refractivity contribution in [3.63, 3.8) is 0 Å². The topological polar surface area (TPSA) is 0 Å². The maximum atomic E-state index is 2.50. The van der Waals surface area contributed by atoms with Crippen molar-refractivity contribution < 1.29 is 0 Å². The summed E-state index contributed by atoms with van der Waals surface area (Å²) in [5.74, 6) is 0.807. The van der Waals surface area contributed by atoms with Gasteiger partial charge >= 0.3 is 0 Å². The van der Waals surface area contributed by atoms with Crippen LogP contribution < -0.4 is 0 Å². The maximum Gasteiger partial charge on any atom is 0.0308 e. The number of hydrogen-bond acceptors (Lipinski definition) is 0. The molecule has 0 radical (unpaired) electrons. The Morgan fingerprint density at radius 3 is 1.59 bits per heavy atom. The molecule has 2 atom stereocenters. The Morgan fingerprint density at radius 1 is 0.724 bits per heavy atom. The van der Waals surface area contributed by atoms with E-state index in [4.69, 9.17) is 0 Å².